The number of phenolic OH excluding ortho intramolecular Hbond substituents is 1. The molecule has 49 heavy (non-hydrogen) atoms. The van der Waals surface area contributed by atoms with Gasteiger partial charge in [0.2, 0.25) is 17.7 Å². The molecule has 9 nitrogen and oxygen atoms in total. The highest BCUT2D eigenvalue weighted by Crippen LogP contribution is 2.57. The number of Topliss-reactive ketones (excluding diaryl/α,β-unsaturated/α-hetero) is 1. The summed E-state index contributed by atoms with van der Waals surface area (Å²) in [7, 11) is 0. The number of hydrogen-bond acceptors (Lipinski definition) is 8. The maximum atomic E-state index is 14.2. The first kappa shape index (κ1) is 31.0. The quantitative estimate of drug-likeness (QED) is 0.134. The summed E-state index contributed by atoms with van der Waals surface area (Å²) in [5.41, 5.74) is 2.66. The van der Waals surface area contributed by atoms with Crippen LogP contribution >= 0.6 is 15.9 Å². The number of para-hydroxylation sites is 2. The van der Waals surface area contributed by atoms with Crippen molar-refractivity contribution in [3.8, 4) is 23.0 Å². The number of phenols is 1. The second-order valence-corrected chi connectivity index (χ2v) is 13.1. The Morgan fingerprint density at radius 1 is 0.959 bits per heavy atom. The number of rotatable bonds is 4. The molecule has 3 aliphatic carbocycles. The Kier molecular flexibility index (Phi) is 7.04. The van der Waals surface area contributed by atoms with Gasteiger partial charge in [0, 0.05) is 34.3 Å². The van der Waals surface area contributed by atoms with Gasteiger partial charge in [0.05, 0.1) is 22.0 Å². The highest BCUT2D eigenvalue weighted by Gasteiger charge is 2.57. The van der Waals surface area contributed by atoms with Gasteiger partial charge in [-0.2, -0.15) is 0 Å². The number of halogens is 4. The minimum absolute atomic E-state index is 0.00276. The summed E-state index contributed by atoms with van der Waals surface area (Å²) >= 11 is 3.14. The van der Waals surface area contributed by atoms with Crippen molar-refractivity contribution in [3.63, 3.8) is 0 Å². The zero-order valence-electron chi connectivity index (χ0n) is 25.0. The third-order valence-electron chi connectivity index (χ3n) is 9.54. The Bertz CT molecular complexity index is 2200. The van der Waals surface area contributed by atoms with Gasteiger partial charge in [0.15, 0.2) is 17.1 Å². The van der Waals surface area contributed by atoms with E-state index in [1.54, 1.807) is 36.4 Å². The van der Waals surface area contributed by atoms with Crippen LogP contribution in [0, 0.1) is 17.8 Å². The molecular formula is C36H22BrF3N2O7. The standard InChI is InChI=1S/C36H22BrF3N2O7/c37-24-15-27(44)31-23(32(24)45)14-21-19(29(31)22-13-18(9-12-26(22)43)49-36(38,39)40)10-11-20-30(21)35(47)42(34(20)46)17-7-5-16(6-8-17)33-41-25-3-1-2-4-28(25)48-33/h1-10,12-13,15,20-21,29-30,43H,11,14H2. The summed E-state index contributed by atoms with van der Waals surface area (Å²) in [6, 6.07) is 16.8. The number of nitrogens with zero attached hydrogens (tertiary/aromatic N) is 2. The zero-order valence-corrected chi connectivity index (χ0v) is 26.6. The van der Waals surface area contributed by atoms with E-state index in [2.05, 4.69) is 25.7 Å². The third kappa shape index (κ3) is 5.02. The van der Waals surface area contributed by atoms with Crippen LogP contribution in [0.1, 0.15) is 24.3 Å². The first-order chi connectivity index (χ1) is 23.4. The first-order valence-corrected chi connectivity index (χ1v) is 16.0. The monoisotopic (exact) mass is 730 g/mol. The van der Waals surface area contributed by atoms with E-state index in [0.717, 1.165) is 29.2 Å². The molecule has 4 atom stereocenters. The fourth-order valence-corrected chi connectivity index (χ4v) is 7.97. The van der Waals surface area contributed by atoms with E-state index < -0.39 is 64.9 Å². The van der Waals surface area contributed by atoms with E-state index in [9.17, 15) is 37.5 Å². The van der Waals surface area contributed by atoms with Crippen LogP contribution in [0.25, 0.3) is 22.6 Å². The van der Waals surface area contributed by atoms with Gasteiger partial charge < -0.3 is 14.3 Å². The number of alkyl halides is 3. The predicted octanol–water partition coefficient (Wildman–Crippen LogP) is 7.07. The Hall–Kier alpha value is -5.30. The second-order valence-electron chi connectivity index (χ2n) is 12.2. The van der Waals surface area contributed by atoms with Crippen LogP contribution in [0.3, 0.4) is 0 Å². The van der Waals surface area contributed by atoms with Crippen LogP contribution in [0.15, 0.2) is 105 Å². The second kappa shape index (κ2) is 11.1. The van der Waals surface area contributed by atoms with Crippen LogP contribution in [-0.4, -0.2) is 39.8 Å². The molecule has 1 aromatic heterocycles. The van der Waals surface area contributed by atoms with Crippen molar-refractivity contribution in [1.29, 1.82) is 0 Å². The molecule has 13 heteroatoms. The fourth-order valence-electron chi connectivity index (χ4n) is 7.53. The molecule has 4 unspecified atom stereocenters. The van der Waals surface area contributed by atoms with Gasteiger partial charge in [0.25, 0.3) is 0 Å². The van der Waals surface area contributed by atoms with Crippen molar-refractivity contribution >= 4 is 56.1 Å². The summed E-state index contributed by atoms with van der Waals surface area (Å²) in [6.07, 6.45) is -2.21. The highest BCUT2D eigenvalue weighted by molar-refractivity contribution is 9.12. The van der Waals surface area contributed by atoms with Gasteiger partial charge in [-0.1, -0.05) is 23.8 Å². The van der Waals surface area contributed by atoms with E-state index in [4.69, 9.17) is 4.42 Å². The predicted molar refractivity (Wildman–Crippen MR) is 171 cm³/mol. The van der Waals surface area contributed by atoms with E-state index in [1.165, 1.54) is 0 Å². The number of allylic oxidation sites excluding steroid dienone is 6. The van der Waals surface area contributed by atoms with Gasteiger partial charge in [-0.3, -0.25) is 24.1 Å². The van der Waals surface area contributed by atoms with Crippen LogP contribution in [0.5, 0.6) is 11.5 Å². The molecular weight excluding hydrogens is 709 g/mol. The molecule has 8 rings (SSSR count). The number of ether oxygens (including phenoxy) is 1. The molecule has 1 N–H and O–H groups in total. The lowest BCUT2D eigenvalue weighted by molar-refractivity contribution is -0.274. The average Bonchev–Trinajstić information content (AvgIpc) is 3.61. The Labute approximate surface area is 283 Å². The number of anilines is 1. The van der Waals surface area contributed by atoms with Crippen molar-refractivity contribution in [2.24, 2.45) is 17.8 Å². The Morgan fingerprint density at radius 2 is 1.71 bits per heavy atom. The van der Waals surface area contributed by atoms with Gasteiger partial charge in [0.1, 0.15) is 17.0 Å². The maximum absolute atomic E-state index is 14.2. The molecule has 1 fully saturated rings. The normalized spacial score (nSPS) is 23.7. The fraction of sp³-hybridized carbons (Fsp3) is 0.194. The molecule has 4 aromatic rings. The zero-order chi connectivity index (χ0) is 34.4. The molecule has 4 aliphatic rings. The van der Waals surface area contributed by atoms with Gasteiger partial charge in [-0.25, -0.2) is 4.98 Å². The topological polar surface area (TPSA) is 127 Å². The summed E-state index contributed by atoms with van der Waals surface area (Å²) in [5.74, 6) is -6.41. The number of aromatic nitrogens is 1. The maximum Gasteiger partial charge on any atom is 0.573 e. The van der Waals surface area contributed by atoms with Crippen LogP contribution in [0.2, 0.25) is 0 Å². The lowest BCUT2D eigenvalue weighted by Crippen LogP contribution is -2.39. The van der Waals surface area contributed by atoms with Gasteiger partial charge in [-0.15, -0.1) is 13.2 Å². The summed E-state index contributed by atoms with van der Waals surface area (Å²) in [5, 5.41) is 10.9. The molecule has 0 radical (unpaired) electrons. The summed E-state index contributed by atoms with van der Waals surface area (Å²) in [4.78, 5) is 60.6. The minimum atomic E-state index is -5.03. The number of oxazole rings is 1. The number of hydrogen-bond donors (Lipinski definition) is 1. The van der Waals surface area contributed by atoms with E-state index in [0.29, 0.717) is 33.8 Å². The lowest BCUT2D eigenvalue weighted by Gasteiger charge is -2.42. The van der Waals surface area contributed by atoms with Crippen LogP contribution < -0.4 is 9.64 Å². The highest BCUT2D eigenvalue weighted by atomic mass is 79.9. The molecule has 0 saturated carbocycles. The van der Waals surface area contributed by atoms with Crippen molar-refractivity contribution in [3.05, 3.63) is 106 Å². The smallest absolute Gasteiger partial charge is 0.508 e. The third-order valence-corrected chi connectivity index (χ3v) is 10.1. The molecule has 2 amide bonds. The van der Waals surface area contributed by atoms with Crippen LogP contribution in [0.4, 0.5) is 18.9 Å². The summed E-state index contributed by atoms with van der Waals surface area (Å²) < 4.78 is 49.4. The SMILES string of the molecule is O=C1C=C(Br)C(=O)C2=C1C(c1cc(OC(F)(F)F)ccc1O)C1=CCC3C(=O)N(c4ccc(-c5nc6ccccc6o5)cc4)C(=O)C3C1C2. The molecule has 1 aliphatic heterocycles. The number of aromatic hydroxyl groups is 1. The number of benzene rings is 3. The number of carbonyl (C=O) groups is 4. The number of ketones is 2. The van der Waals surface area contributed by atoms with Crippen molar-refractivity contribution in [2.75, 3.05) is 4.90 Å². The Balaban J connectivity index is 1.17. The molecule has 246 valence electrons. The minimum Gasteiger partial charge on any atom is -0.508 e. The van der Waals surface area contributed by atoms with Gasteiger partial charge >= 0.3 is 6.36 Å². The van der Waals surface area contributed by atoms with E-state index >= 15 is 0 Å². The molecule has 1 saturated heterocycles. The molecule has 3 aromatic carbocycles. The van der Waals surface area contributed by atoms with E-state index in [1.807, 2.05) is 18.2 Å². The number of amides is 2. The number of fused-ring (bicyclic) bond motifs is 4. The first-order valence-electron chi connectivity index (χ1n) is 15.2. The van der Waals surface area contributed by atoms with Crippen LogP contribution in [-0.2, 0) is 19.2 Å². The average molecular weight is 731 g/mol. The van der Waals surface area contributed by atoms with Crippen molar-refractivity contribution in [2.45, 2.75) is 25.1 Å². The van der Waals surface area contributed by atoms with E-state index in [-0.39, 0.29) is 34.0 Å². The largest absolute Gasteiger partial charge is 0.573 e. The molecule has 0 spiro atoms. The molecule has 2 heterocycles. The lowest BCUT2D eigenvalue weighted by atomic mass is 9.59. The summed E-state index contributed by atoms with van der Waals surface area (Å²) in [6.45, 7) is 0. The number of imide groups is 1. The number of carbonyl (C=O) groups excluding carboxylic acids is 4. The van der Waals surface area contributed by atoms with Crippen molar-refractivity contribution < 1.29 is 46.6 Å². The van der Waals surface area contributed by atoms with Gasteiger partial charge in [-0.05, 0) is 89.3 Å². The van der Waals surface area contributed by atoms with Crippen molar-refractivity contribution in [1.82, 2.24) is 4.98 Å². The Morgan fingerprint density at radius 3 is 2.45 bits per heavy atom. The molecule has 0 bridgehead atoms.